The molecule has 0 amide bonds. The number of pyridine rings is 1. The number of aliphatic imine (C=N–C) groups is 2. The summed E-state index contributed by atoms with van der Waals surface area (Å²) in [5.74, 6) is 2.96. The van der Waals surface area contributed by atoms with Crippen LogP contribution in [0, 0.1) is 13.8 Å². The fourth-order valence-electron chi connectivity index (χ4n) is 5.01. The number of aryl methyl sites for hydroxylation is 2. The number of para-hydroxylation sites is 2. The first-order valence-corrected chi connectivity index (χ1v) is 13.0. The van der Waals surface area contributed by atoms with E-state index in [1.165, 1.54) is 10.4 Å². The van der Waals surface area contributed by atoms with Crippen molar-refractivity contribution in [1.29, 1.82) is 0 Å². The molecule has 0 unspecified atom stereocenters. The third kappa shape index (κ3) is 3.56. The van der Waals surface area contributed by atoms with Crippen LogP contribution in [0.5, 0.6) is 0 Å². The lowest BCUT2D eigenvalue weighted by Gasteiger charge is -2.40. The second-order valence-corrected chi connectivity index (χ2v) is 10.1. The number of amidine groups is 2. The maximum Gasteiger partial charge on any atom is 0.179 e. The van der Waals surface area contributed by atoms with Crippen LogP contribution < -0.4 is 10.2 Å². The molecule has 7 rings (SSSR count). The lowest BCUT2D eigenvalue weighted by molar-refractivity contribution is 0.820. The summed E-state index contributed by atoms with van der Waals surface area (Å²) >= 11 is 1.73. The summed E-state index contributed by atoms with van der Waals surface area (Å²) < 4.78 is 1.85. The van der Waals surface area contributed by atoms with Gasteiger partial charge in [0.25, 0.3) is 0 Å². The molecular weight excluding hydrogens is 478 g/mol. The van der Waals surface area contributed by atoms with Gasteiger partial charge < -0.3 is 10.2 Å². The fraction of sp³-hybridized carbons (Fsp3) is 0.103. The van der Waals surface area contributed by atoms with Crippen LogP contribution in [0.3, 0.4) is 0 Å². The van der Waals surface area contributed by atoms with E-state index < -0.39 is 0 Å². The molecule has 0 spiro atoms. The van der Waals surface area contributed by atoms with Crippen molar-refractivity contribution in [2.45, 2.75) is 19.9 Å². The molecule has 180 valence electrons. The number of thiophene rings is 1. The van der Waals surface area contributed by atoms with Gasteiger partial charge in [-0.05, 0) is 67.3 Å². The van der Waals surface area contributed by atoms with Gasteiger partial charge in [0.2, 0.25) is 0 Å². The average Bonchev–Trinajstić information content (AvgIpc) is 3.57. The summed E-state index contributed by atoms with van der Waals surface area (Å²) in [5, 5.41) is 10.6. The SMILES string of the molecule is Cc1cccc(NC2=Nc3ccccc3N3C2=Nc2c(c(C)nn2-c2ccccn2)[C@@H]3c2cccs2)c1. The summed E-state index contributed by atoms with van der Waals surface area (Å²) in [7, 11) is 0. The molecule has 2 aromatic carbocycles. The Morgan fingerprint density at radius 3 is 2.59 bits per heavy atom. The van der Waals surface area contributed by atoms with Gasteiger partial charge in [-0.3, -0.25) is 0 Å². The molecule has 8 heteroatoms. The van der Waals surface area contributed by atoms with E-state index in [-0.39, 0.29) is 6.04 Å². The Labute approximate surface area is 218 Å². The van der Waals surface area contributed by atoms with E-state index in [0.29, 0.717) is 5.84 Å². The van der Waals surface area contributed by atoms with Gasteiger partial charge in [-0.1, -0.05) is 36.4 Å². The van der Waals surface area contributed by atoms with E-state index in [2.05, 4.69) is 76.9 Å². The van der Waals surface area contributed by atoms with Crippen LogP contribution in [0.15, 0.2) is 100 Å². The zero-order valence-electron chi connectivity index (χ0n) is 20.3. The second-order valence-electron chi connectivity index (χ2n) is 9.09. The first-order valence-electron chi connectivity index (χ1n) is 12.1. The molecule has 2 aliphatic heterocycles. The highest BCUT2D eigenvalue weighted by Crippen LogP contribution is 2.48. The highest BCUT2D eigenvalue weighted by atomic mass is 32.1. The molecule has 2 aliphatic rings. The standard InChI is InChI=1S/C29H23N7S/c1-18-9-7-10-20(17-18)31-27-29-33-28-25(19(2)34-36(28)24-14-5-6-15-30-24)26(23-13-8-16-37-23)35(29)22-12-4-3-11-21(22)32-27/h3-17,26H,1-2H3,(H,31,32)/t26-/m0/s1. The highest BCUT2D eigenvalue weighted by Gasteiger charge is 2.41. The van der Waals surface area contributed by atoms with Crippen molar-refractivity contribution in [3.63, 3.8) is 0 Å². The van der Waals surface area contributed by atoms with Crippen molar-refractivity contribution in [1.82, 2.24) is 14.8 Å². The van der Waals surface area contributed by atoms with Crippen LogP contribution >= 0.6 is 11.3 Å². The molecule has 0 saturated heterocycles. The average molecular weight is 502 g/mol. The second kappa shape index (κ2) is 8.53. The summed E-state index contributed by atoms with van der Waals surface area (Å²) in [5.41, 5.74) is 6.06. The van der Waals surface area contributed by atoms with Crippen molar-refractivity contribution < 1.29 is 0 Å². The van der Waals surface area contributed by atoms with E-state index in [4.69, 9.17) is 15.1 Å². The number of rotatable bonds is 3. The minimum Gasteiger partial charge on any atom is -0.337 e. The van der Waals surface area contributed by atoms with E-state index in [1.807, 2.05) is 41.1 Å². The predicted octanol–water partition coefficient (Wildman–Crippen LogP) is 6.74. The Morgan fingerprint density at radius 1 is 0.892 bits per heavy atom. The topological polar surface area (TPSA) is 70.7 Å². The molecule has 0 saturated carbocycles. The summed E-state index contributed by atoms with van der Waals surface area (Å²) in [4.78, 5) is 18.4. The number of anilines is 2. The molecule has 7 nitrogen and oxygen atoms in total. The predicted molar refractivity (Wildman–Crippen MR) is 150 cm³/mol. The van der Waals surface area contributed by atoms with Crippen LogP contribution in [0.4, 0.5) is 22.9 Å². The summed E-state index contributed by atoms with van der Waals surface area (Å²) in [6.07, 6.45) is 1.78. The molecule has 0 bridgehead atoms. The highest BCUT2D eigenvalue weighted by molar-refractivity contribution is 7.10. The van der Waals surface area contributed by atoms with Gasteiger partial charge in [-0.2, -0.15) is 9.78 Å². The van der Waals surface area contributed by atoms with E-state index in [9.17, 15) is 0 Å². The maximum absolute atomic E-state index is 5.24. The van der Waals surface area contributed by atoms with E-state index in [0.717, 1.165) is 45.8 Å². The minimum atomic E-state index is -0.106. The maximum atomic E-state index is 5.24. The molecule has 3 aromatic heterocycles. The van der Waals surface area contributed by atoms with Gasteiger partial charge in [0.15, 0.2) is 23.3 Å². The van der Waals surface area contributed by atoms with Crippen LogP contribution in [0.25, 0.3) is 5.82 Å². The smallest absolute Gasteiger partial charge is 0.179 e. The molecule has 0 fully saturated rings. The lowest BCUT2D eigenvalue weighted by atomic mass is 9.98. The Hall–Kier alpha value is -4.56. The fourth-order valence-corrected chi connectivity index (χ4v) is 5.84. The summed E-state index contributed by atoms with van der Waals surface area (Å²) in [6, 6.07) is 26.5. The summed E-state index contributed by atoms with van der Waals surface area (Å²) in [6.45, 7) is 4.14. The molecule has 0 aliphatic carbocycles. The monoisotopic (exact) mass is 501 g/mol. The number of nitrogens with one attached hydrogen (secondary N) is 1. The zero-order valence-corrected chi connectivity index (χ0v) is 21.1. The Bertz CT molecular complexity index is 1680. The van der Waals surface area contributed by atoms with Gasteiger partial charge in [-0.25, -0.2) is 15.0 Å². The van der Waals surface area contributed by atoms with Crippen molar-refractivity contribution >= 4 is 45.9 Å². The molecule has 5 heterocycles. The molecular formula is C29H23N7S. The number of fused-ring (bicyclic) bond motifs is 4. The Morgan fingerprint density at radius 2 is 1.78 bits per heavy atom. The van der Waals surface area contributed by atoms with Crippen LogP contribution in [-0.4, -0.2) is 26.4 Å². The van der Waals surface area contributed by atoms with Crippen molar-refractivity contribution in [2.75, 3.05) is 10.2 Å². The molecule has 5 aromatic rings. The number of hydrogen-bond acceptors (Lipinski definition) is 7. The van der Waals surface area contributed by atoms with Gasteiger partial charge in [0.1, 0.15) is 6.04 Å². The molecule has 0 radical (unpaired) electrons. The number of benzene rings is 2. The van der Waals surface area contributed by atoms with Gasteiger partial charge in [-0.15, -0.1) is 11.3 Å². The number of hydrogen-bond donors (Lipinski definition) is 1. The van der Waals surface area contributed by atoms with Gasteiger partial charge >= 0.3 is 0 Å². The first kappa shape index (κ1) is 21.7. The number of aromatic nitrogens is 3. The number of nitrogens with zero attached hydrogens (tertiary/aromatic N) is 6. The van der Waals surface area contributed by atoms with E-state index >= 15 is 0 Å². The van der Waals surface area contributed by atoms with Crippen molar-refractivity contribution in [3.8, 4) is 5.82 Å². The van der Waals surface area contributed by atoms with Gasteiger partial charge in [0, 0.05) is 22.3 Å². The lowest BCUT2D eigenvalue weighted by Crippen LogP contribution is -2.46. The van der Waals surface area contributed by atoms with Crippen LogP contribution in [0.2, 0.25) is 0 Å². The third-order valence-electron chi connectivity index (χ3n) is 6.60. The van der Waals surface area contributed by atoms with Crippen molar-refractivity contribution in [3.05, 3.63) is 112 Å². The van der Waals surface area contributed by atoms with Crippen molar-refractivity contribution in [2.24, 2.45) is 9.98 Å². The zero-order chi connectivity index (χ0) is 24.9. The van der Waals surface area contributed by atoms with Gasteiger partial charge in [0.05, 0.1) is 17.1 Å². The quantitative estimate of drug-likeness (QED) is 0.297. The minimum absolute atomic E-state index is 0.106. The largest absolute Gasteiger partial charge is 0.337 e. The molecule has 1 atom stereocenters. The Kier molecular flexibility index (Phi) is 5.00. The van der Waals surface area contributed by atoms with Crippen LogP contribution in [0.1, 0.15) is 27.7 Å². The molecule has 37 heavy (non-hydrogen) atoms. The Balaban J connectivity index is 1.49. The van der Waals surface area contributed by atoms with E-state index in [1.54, 1.807) is 17.5 Å². The first-order chi connectivity index (χ1) is 18.2. The third-order valence-corrected chi connectivity index (χ3v) is 7.52. The van der Waals surface area contributed by atoms with Crippen LogP contribution in [-0.2, 0) is 0 Å². The normalized spacial score (nSPS) is 15.8. The molecule has 1 N–H and O–H groups in total.